The maximum Gasteiger partial charge on any atom is 0.295 e. The van der Waals surface area contributed by atoms with Gasteiger partial charge in [-0.2, -0.15) is 0 Å². The minimum Gasteiger partial charge on any atom is -0.507 e. The highest BCUT2D eigenvalue weighted by Gasteiger charge is 2.45. The number of nitrogens with zero attached hydrogens (tertiary/aromatic N) is 1. The molecule has 164 valence electrons. The number of aliphatic hydroxyl groups is 1. The molecule has 1 fully saturated rings. The van der Waals surface area contributed by atoms with E-state index in [0.29, 0.717) is 30.2 Å². The van der Waals surface area contributed by atoms with Crippen molar-refractivity contribution < 1.29 is 19.4 Å². The predicted molar refractivity (Wildman–Crippen MR) is 122 cm³/mol. The van der Waals surface area contributed by atoms with Crippen LogP contribution in [-0.4, -0.2) is 41.0 Å². The van der Waals surface area contributed by atoms with Gasteiger partial charge in [0.25, 0.3) is 11.7 Å². The van der Waals surface area contributed by atoms with Crippen LogP contribution in [0.3, 0.4) is 0 Å². The number of carbonyl (C=O) groups is 2. The molecule has 1 amide bonds. The molecule has 0 aromatic heterocycles. The van der Waals surface area contributed by atoms with E-state index in [1.165, 1.54) is 4.90 Å². The molecule has 0 radical (unpaired) electrons. The lowest BCUT2D eigenvalue weighted by atomic mass is 9.94. The second kappa shape index (κ2) is 10.1. The average molecular weight is 442 g/mol. The molecule has 2 aromatic rings. The molecule has 5 nitrogen and oxygen atoms in total. The van der Waals surface area contributed by atoms with Gasteiger partial charge in [-0.1, -0.05) is 42.8 Å². The number of likely N-dealkylation sites (tertiary alicyclic amines) is 1. The number of rotatable bonds is 8. The molecule has 6 heteroatoms. The lowest BCUT2D eigenvalue weighted by Crippen LogP contribution is -2.31. The molecule has 0 unspecified atom stereocenters. The van der Waals surface area contributed by atoms with Gasteiger partial charge in [-0.05, 0) is 62.1 Å². The number of Topliss-reactive ketones (excluding diaryl/α,β-unsaturated/α-hetero) is 1. The number of carbonyl (C=O) groups excluding carboxylic acids is 2. The van der Waals surface area contributed by atoms with Crippen molar-refractivity contribution in [2.45, 2.75) is 45.8 Å². The van der Waals surface area contributed by atoms with Crippen molar-refractivity contribution in [3.05, 3.63) is 75.8 Å². The molecule has 0 aliphatic carbocycles. The van der Waals surface area contributed by atoms with Crippen molar-refractivity contribution in [2.24, 2.45) is 0 Å². The predicted octanol–water partition coefficient (Wildman–Crippen LogP) is 5.14. The van der Waals surface area contributed by atoms with E-state index in [9.17, 15) is 14.7 Å². The van der Waals surface area contributed by atoms with Crippen LogP contribution in [0.4, 0.5) is 0 Å². The van der Waals surface area contributed by atoms with E-state index in [2.05, 4.69) is 6.92 Å². The Balaban J connectivity index is 2.02. The normalized spacial score (nSPS) is 18.2. The van der Waals surface area contributed by atoms with E-state index in [0.717, 1.165) is 17.5 Å². The van der Waals surface area contributed by atoms with Crippen LogP contribution in [0.2, 0.25) is 5.02 Å². The molecule has 1 aliphatic rings. The molecule has 1 atom stereocenters. The van der Waals surface area contributed by atoms with Gasteiger partial charge in [0.15, 0.2) is 0 Å². The summed E-state index contributed by atoms with van der Waals surface area (Å²) in [5.41, 5.74) is 2.49. The zero-order chi connectivity index (χ0) is 22.5. The second-order valence-electron chi connectivity index (χ2n) is 7.87. The maximum atomic E-state index is 13.0. The minimum atomic E-state index is -0.679. The van der Waals surface area contributed by atoms with Gasteiger partial charge < -0.3 is 14.7 Å². The van der Waals surface area contributed by atoms with Crippen LogP contribution in [0.25, 0.3) is 5.76 Å². The Morgan fingerprint density at radius 2 is 1.74 bits per heavy atom. The summed E-state index contributed by atoms with van der Waals surface area (Å²) < 4.78 is 5.59. The molecule has 2 aromatic carbocycles. The second-order valence-corrected chi connectivity index (χ2v) is 8.30. The summed E-state index contributed by atoms with van der Waals surface area (Å²) in [4.78, 5) is 27.4. The smallest absolute Gasteiger partial charge is 0.295 e. The fraction of sp³-hybridized carbons (Fsp3) is 0.360. The lowest BCUT2D eigenvalue weighted by molar-refractivity contribution is -0.140. The van der Waals surface area contributed by atoms with Crippen LogP contribution in [0.5, 0.6) is 0 Å². The van der Waals surface area contributed by atoms with E-state index < -0.39 is 17.7 Å². The Kier molecular flexibility index (Phi) is 7.52. The van der Waals surface area contributed by atoms with Gasteiger partial charge >= 0.3 is 0 Å². The molecule has 31 heavy (non-hydrogen) atoms. The number of hydrogen-bond donors (Lipinski definition) is 1. The molecule has 1 N–H and O–H groups in total. The van der Waals surface area contributed by atoms with Crippen molar-refractivity contribution in [3.63, 3.8) is 0 Å². The Morgan fingerprint density at radius 1 is 1.10 bits per heavy atom. The minimum absolute atomic E-state index is 0.0951. The highest BCUT2D eigenvalue weighted by molar-refractivity contribution is 6.46. The molecule has 0 saturated carbocycles. The van der Waals surface area contributed by atoms with E-state index in [-0.39, 0.29) is 17.4 Å². The molecule has 0 spiro atoms. The van der Waals surface area contributed by atoms with Crippen LogP contribution in [0.1, 0.15) is 49.9 Å². The summed E-state index contributed by atoms with van der Waals surface area (Å²) in [5, 5.41) is 11.5. The summed E-state index contributed by atoms with van der Waals surface area (Å²) in [6.45, 7) is 6.81. The first-order valence-electron chi connectivity index (χ1n) is 10.6. The number of halogens is 1. The lowest BCUT2D eigenvalue weighted by Gasteiger charge is -2.25. The fourth-order valence-corrected chi connectivity index (χ4v) is 3.84. The SMILES string of the molecule is CCc1ccc([C@H]2C(=C(O)c3ccc(Cl)cc3)C(=O)C(=O)N2CCCOC(C)C)cc1. The summed E-state index contributed by atoms with van der Waals surface area (Å²) >= 11 is 5.96. The zero-order valence-electron chi connectivity index (χ0n) is 18.1. The van der Waals surface area contributed by atoms with Gasteiger partial charge in [0.05, 0.1) is 17.7 Å². The first-order valence-corrected chi connectivity index (χ1v) is 11.0. The topological polar surface area (TPSA) is 66.8 Å². The largest absolute Gasteiger partial charge is 0.507 e. The van der Waals surface area contributed by atoms with Crippen LogP contribution in [0, 0.1) is 0 Å². The fourth-order valence-electron chi connectivity index (χ4n) is 3.71. The van der Waals surface area contributed by atoms with Gasteiger partial charge in [-0.15, -0.1) is 0 Å². The number of benzene rings is 2. The zero-order valence-corrected chi connectivity index (χ0v) is 18.9. The Hall–Kier alpha value is -2.63. The molecule has 0 bridgehead atoms. The van der Waals surface area contributed by atoms with Crippen molar-refractivity contribution in [1.82, 2.24) is 4.90 Å². The van der Waals surface area contributed by atoms with E-state index >= 15 is 0 Å². The Morgan fingerprint density at radius 3 is 2.32 bits per heavy atom. The number of amides is 1. The number of hydrogen-bond acceptors (Lipinski definition) is 4. The van der Waals surface area contributed by atoms with Gasteiger partial charge in [0.1, 0.15) is 5.76 Å². The summed E-state index contributed by atoms with van der Waals surface area (Å²) in [6, 6.07) is 13.7. The van der Waals surface area contributed by atoms with Crippen molar-refractivity contribution in [1.29, 1.82) is 0 Å². The van der Waals surface area contributed by atoms with E-state index in [1.54, 1.807) is 24.3 Å². The molecule has 3 rings (SSSR count). The maximum absolute atomic E-state index is 13.0. The Labute approximate surface area is 188 Å². The van der Waals surface area contributed by atoms with Crippen molar-refractivity contribution in [3.8, 4) is 0 Å². The van der Waals surface area contributed by atoms with Crippen LogP contribution in [-0.2, 0) is 20.7 Å². The third kappa shape index (κ3) is 5.17. The van der Waals surface area contributed by atoms with Crippen LogP contribution >= 0.6 is 11.6 Å². The summed E-state index contributed by atoms with van der Waals surface area (Å²) in [5.74, 6) is -1.48. The number of ether oxygens (including phenoxy) is 1. The molecular formula is C25H28ClNO4. The standard InChI is InChI=1S/C25H28ClNO4/c1-4-17-6-8-18(9-7-17)22-21(23(28)19-10-12-20(26)13-11-19)24(29)25(30)27(22)14-5-15-31-16(2)3/h6-13,16,22,28H,4-5,14-15H2,1-3H3/t22-/m0/s1. The van der Waals surface area contributed by atoms with Gasteiger partial charge in [-0.3, -0.25) is 9.59 Å². The number of aryl methyl sites for hydroxylation is 1. The average Bonchev–Trinajstić information content (AvgIpc) is 3.01. The third-order valence-corrected chi connectivity index (χ3v) is 5.61. The Bertz CT molecular complexity index is 964. The van der Waals surface area contributed by atoms with E-state index in [4.69, 9.17) is 16.3 Å². The molecule has 1 heterocycles. The van der Waals surface area contributed by atoms with Crippen molar-refractivity contribution >= 4 is 29.1 Å². The van der Waals surface area contributed by atoms with Crippen LogP contribution < -0.4 is 0 Å². The van der Waals surface area contributed by atoms with Gasteiger partial charge in [-0.25, -0.2) is 0 Å². The molecular weight excluding hydrogens is 414 g/mol. The summed E-state index contributed by atoms with van der Waals surface area (Å²) in [6.07, 6.45) is 1.57. The van der Waals surface area contributed by atoms with E-state index in [1.807, 2.05) is 38.1 Å². The number of aliphatic hydroxyl groups excluding tert-OH is 1. The molecule has 1 saturated heterocycles. The monoisotopic (exact) mass is 441 g/mol. The highest BCUT2D eigenvalue weighted by Crippen LogP contribution is 2.39. The highest BCUT2D eigenvalue weighted by atomic mass is 35.5. The third-order valence-electron chi connectivity index (χ3n) is 5.36. The first-order chi connectivity index (χ1) is 14.8. The quantitative estimate of drug-likeness (QED) is 0.266. The molecule has 1 aliphatic heterocycles. The number of ketones is 1. The van der Waals surface area contributed by atoms with Gasteiger partial charge in [0, 0.05) is 23.7 Å². The summed E-state index contributed by atoms with van der Waals surface area (Å²) in [7, 11) is 0. The van der Waals surface area contributed by atoms with Gasteiger partial charge in [0.2, 0.25) is 0 Å². The van der Waals surface area contributed by atoms with Crippen LogP contribution in [0.15, 0.2) is 54.1 Å². The van der Waals surface area contributed by atoms with Crippen molar-refractivity contribution in [2.75, 3.05) is 13.2 Å². The first kappa shape index (κ1) is 23.0.